The number of hydrogen-bond acceptors (Lipinski definition) is 1. The van der Waals surface area contributed by atoms with E-state index < -0.39 is 0 Å². The summed E-state index contributed by atoms with van der Waals surface area (Å²) < 4.78 is 0. The van der Waals surface area contributed by atoms with Gasteiger partial charge in [0.1, 0.15) is 0 Å². The van der Waals surface area contributed by atoms with E-state index in [9.17, 15) is 4.79 Å². The number of allylic oxidation sites excluding steroid dienone is 4. The van der Waals surface area contributed by atoms with Crippen molar-refractivity contribution >= 4 is 21.7 Å². The lowest BCUT2D eigenvalue weighted by Gasteiger charge is -2.36. The molecule has 2 rings (SSSR count). The molecule has 2 heteroatoms. The largest absolute Gasteiger partial charge is 0.294 e. The molecule has 0 N–H and O–H groups in total. The van der Waals surface area contributed by atoms with Crippen LogP contribution in [0.1, 0.15) is 33.1 Å². The van der Waals surface area contributed by atoms with E-state index in [4.69, 9.17) is 0 Å². The fraction of sp³-hybridized carbons (Fsp3) is 0.583. The molecular weight excluding hydrogens is 240 g/mol. The first-order chi connectivity index (χ1) is 6.50. The van der Waals surface area contributed by atoms with E-state index in [1.165, 1.54) is 5.57 Å². The molecular formula is C12H15BrO. The summed E-state index contributed by atoms with van der Waals surface area (Å²) in [4.78, 5) is 12.1. The lowest BCUT2D eigenvalue weighted by molar-refractivity contribution is -0.116. The molecule has 1 unspecified atom stereocenters. The van der Waals surface area contributed by atoms with E-state index in [1.807, 2.05) is 0 Å². The Kier molecular flexibility index (Phi) is 2.42. The number of ketones is 1. The molecule has 0 aromatic heterocycles. The van der Waals surface area contributed by atoms with Crippen LogP contribution in [-0.2, 0) is 4.79 Å². The molecule has 14 heavy (non-hydrogen) atoms. The Labute approximate surface area is 93.4 Å². The molecule has 0 saturated heterocycles. The number of rotatable bonds is 0. The maximum atomic E-state index is 11.7. The van der Waals surface area contributed by atoms with E-state index >= 15 is 0 Å². The summed E-state index contributed by atoms with van der Waals surface area (Å²) in [5, 5.41) is 0. The lowest BCUT2D eigenvalue weighted by atomic mass is 9.68. The van der Waals surface area contributed by atoms with Gasteiger partial charge in [0.2, 0.25) is 0 Å². The molecule has 1 saturated carbocycles. The van der Waals surface area contributed by atoms with Gasteiger partial charge in [0.25, 0.3) is 0 Å². The number of Topliss-reactive ketones (excluding diaryl/α,β-unsaturated/α-hetero) is 1. The van der Waals surface area contributed by atoms with Crippen LogP contribution >= 0.6 is 15.9 Å². The van der Waals surface area contributed by atoms with Crippen LogP contribution in [0.3, 0.4) is 0 Å². The van der Waals surface area contributed by atoms with Crippen molar-refractivity contribution in [2.24, 2.45) is 5.41 Å². The summed E-state index contributed by atoms with van der Waals surface area (Å²) >= 11 is 3.54. The van der Waals surface area contributed by atoms with Gasteiger partial charge in [-0.2, -0.15) is 0 Å². The van der Waals surface area contributed by atoms with Crippen molar-refractivity contribution in [1.82, 2.24) is 0 Å². The first-order valence-corrected chi connectivity index (χ1v) is 6.02. The minimum atomic E-state index is 0.187. The van der Waals surface area contributed by atoms with Crippen molar-refractivity contribution in [1.29, 1.82) is 0 Å². The third kappa shape index (κ3) is 1.60. The van der Waals surface area contributed by atoms with Crippen molar-refractivity contribution in [2.45, 2.75) is 37.9 Å². The smallest absolute Gasteiger partial charge is 0.162 e. The zero-order valence-corrected chi connectivity index (χ0v) is 10.2. The fourth-order valence-corrected chi connectivity index (χ4v) is 2.71. The van der Waals surface area contributed by atoms with E-state index in [2.05, 4.69) is 41.9 Å². The monoisotopic (exact) mass is 254 g/mol. The summed E-state index contributed by atoms with van der Waals surface area (Å²) in [5.41, 5.74) is 2.42. The average Bonchev–Trinajstić information content (AvgIpc) is 2.12. The molecule has 2 aliphatic rings. The minimum absolute atomic E-state index is 0.187. The zero-order chi connectivity index (χ0) is 10.3. The Morgan fingerprint density at radius 3 is 2.93 bits per heavy atom. The van der Waals surface area contributed by atoms with E-state index in [1.54, 1.807) is 0 Å². The lowest BCUT2D eigenvalue weighted by Crippen LogP contribution is -2.29. The maximum Gasteiger partial charge on any atom is 0.162 e. The summed E-state index contributed by atoms with van der Waals surface area (Å²) in [5.74, 6) is 0.319. The highest BCUT2D eigenvalue weighted by molar-refractivity contribution is 9.09. The average molecular weight is 255 g/mol. The predicted molar refractivity (Wildman–Crippen MR) is 61.5 cm³/mol. The Balaban J connectivity index is 2.42. The number of halogens is 1. The van der Waals surface area contributed by atoms with Crippen molar-refractivity contribution in [3.63, 3.8) is 0 Å². The van der Waals surface area contributed by atoms with Crippen LogP contribution in [0.25, 0.3) is 0 Å². The topological polar surface area (TPSA) is 17.1 Å². The third-order valence-corrected chi connectivity index (χ3v) is 3.83. The van der Waals surface area contributed by atoms with Gasteiger partial charge in [-0.3, -0.25) is 4.79 Å². The Bertz CT molecular complexity index is 336. The van der Waals surface area contributed by atoms with Gasteiger partial charge in [-0.1, -0.05) is 41.9 Å². The second kappa shape index (κ2) is 3.34. The molecule has 1 fully saturated rings. The fourth-order valence-electron chi connectivity index (χ4n) is 2.26. The molecule has 0 bridgehead atoms. The maximum absolute atomic E-state index is 11.7. The van der Waals surface area contributed by atoms with Crippen LogP contribution in [0.15, 0.2) is 23.3 Å². The Morgan fingerprint density at radius 1 is 1.50 bits per heavy atom. The standard InChI is InChI=1S/C12H15BrO/c1-12(2)6-5-11(14)9-7-8(13)3-4-10(9)12/h4,7-8H,3,5-6H2,1-2H3. The second-order valence-electron chi connectivity index (χ2n) is 4.76. The third-order valence-electron chi connectivity index (χ3n) is 3.19. The van der Waals surface area contributed by atoms with Gasteiger partial charge < -0.3 is 0 Å². The molecule has 0 spiro atoms. The molecule has 0 amide bonds. The van der Waals surface area contributed by atoms with E-state index in [-0.39, 0.29) is 5.41 Å². The summed E-state index contributed by atoms with van der Waals surface area (Å²) in [6.07, 6.45) is 7.01. The molecule has 0 radical (unpaired) electrons. The highest BCUT2D eigenvalue weighted by Crippen LogP contribution is 2.44. The van der Waals surface area contributed by atoms with Gasteiger partial charge in [0.15, 0.2) is 5.78 Å². The number of hydrogen-bond donors (Lipinski definition) is 0. The normalized spacial score (nSPS) is 30.5. The van der Waals surface area contributed by atoms with Gasteiger partial charge in [0, 0.05) is 16.8 Å². The van der Waals surface area contributed by atoms with Crippen LogP contribution in [0.5, 0.6) is 0 Å². The number of carbonyl (C=O) groups is 1. The van der Waals surface area contributed by atoms with Gasteiger partial charge in [-0.05, 0) is 23.8 Å². The first-order valence-electron chi connectivity index (χ1n) is 5.11. The second-order valence-corrected chi connectivity index (χ2v) is 5.93. The van der Waals surface area contributed by atoms with Crippen LogP contribution < -0.4 is 0 Å². The molecule has 0 heterocycles. The van der Waals surface area contributed by atoms with Crippen molar-refractivity contribution in [3.05, 3.63) is 23.3 Å². The predicted octanol–water partition coefficient (Wildman–Crippen LogP) is 3.40. The van der Waals surface area contributed by atoms with Gasteiger partial charge in [-0.25, -0.2) is 0 Å². The van der Waals surface area contributed by atoms with Crippen molar-refractivity contribution in [3.8, 4) is 0 Å². The Morgan fingerprint density at radius 2 is 2.21 bits per heavy atom. The van der Waals surface area contributed by atoms with Crippen LogP contribution in [0.4, 0.5) is 0 Å². The molecule has 0 aliphatic heterocycles. The number of fused-ring (bicyclic) bond motifs is 1. The summed E-state index contributed by atoms with van der Waals surface area (Å²) in [7, 11) is 0. The number of alkyl halides is 1. The molecule has 1 atom stereocenters. The molecule has 0 aromatic rings. The zero-order valence-electron chi connectivity index (χ0n) is 8.64. The van der Waals surface area contributed by atoms with E-state index in [0.717, 1.165) is 18.4 Å². The molecule has 2 aliphatic carbocycles. The minimum Gasteiger partial charge on any atom is -0.294 e. The summed E-state index contributed by atoms with van der Waals surface area (Å²) in [6.45, 7) is 4.46. The number of carbonyl (C=O) groups excluding carboxylic acids is 1. The van der Waals surface area contributed by atoms with Gasteiger partial charge >= 0.3 is 0 Å². The van der Waals surface area contributed by atoms with Crippen molar-refractivity contribution in [2.75, 3.05) is 0 Å². The highest BCUT2D eigenvalue weighted by Gasteiger charge is 2.35. The van der Waals surface area contributed by atoms with Gasteiger partial charge in [-0.15, -0.1) is 0 Å². The SMILES string of the molecule is CC1(C)CCC(=O)C2=CC(Br)CC=C21. The molecule has 0 aromatic carbocycles. The Hall–Kier alpha value is -0.370. The van der Waals surface area contributed by atoms with Crippen molar-refractivity contribution < 1.29 is 4.79 Å². The molecule has 1 nitrogen and oxygen atoms in total. The molecule has 76 valence electrons. The first kappa shape index (κ1) is 10.2. The van der Waals surface area contributed by atoms with Crippen LogP contribution in [0.2, 0.25) is 0 Å². The van der Waals surface area contributed by atoms with E-state index in [0.29, 0.717) is 17.0 Å². The summed E-state index contributed by atoms with van der Waals surface area (Å²) in [6, 6.07) is 0. The van der Waals surface area contributed by atoms with Gasteiger partial charge in [0.05, 0.1) is 0 Å². The van der Waals surface area contributed by atoms with Crippen LogP contribution in [-0.4, -0.2) is 10.6 Å². The highest BCUT2D eigenvalue weighted by atomic mass is 79.9. The van der Waals surface area contributed by atoms with Crippen LogP contribution in [0, 0.1) is 5.41 Å². The quantitative estimate of drug-likeness (QED) is 0.606.